The van der Waals surface area contributed by atoms with Crippen molar-refractivity contribution in [2.24, 2.45) is 0 Å². The molecule has 1 aromatic heterocycles. The summed E-state index contributed by atoms with van der Waals surface area (Å²) in [5.41, 5.74) is 0.998. The Balaban J connectivity index is 3.06. The molecule has 1 heterocycles. The summed E-state index contributed by atoms with van der Waals surface area (Å²) in [4.78, 5) is 0. The van der Waals surface area contributed by atoms with Gasteiger partial charge in [0.2, 0.25) is 0 Å². The molecule has 1 aromatic rings. The monoisotopic (exact) mass is 334 g/mol. The van der Waals surface area contributed by atoms with Gasteiger partial charge in [-0.1, -0.05) is 13.8 Å². The van der Waals surface area contributed by atoms with Crippen LogP contribution in [0.4, 0.5) is 0 Å². The van der Waals surface area contributed by atoms with Crippen molar-refractivity contribution in [3.63, 3.8) is 0 Å². The maximum absolute atomic E-state index is 12.9. The fraction of sp³-hybridized carbons (Fsp3) is 0.714. The molecule has 122 valence electrons. The summed E-state index contributed by atoms with van der Waals surface area (Å²) >= 11 is 1.29. The molecule has 0 radical (unpaired) electrons. The number of nitrogens with one attached hydrogen (secondary N) is 1. The molecule has 7 heteroatoms. The largest absolute Gasteiger partial charge is 0.383 e. The maximum atomic E-state index is 12.9. The van der Waals surface area contributed by atoms with E-state index < -0.39 is 10.0 Å². The average molecular weight is 335 g/mol. The van der Waals surface area contributed by atoms with Crippen LogP contribution in [0.25, 0.3) is 0 Å². The number of ether oxygens (including phenoxy) is 1. The van der Waals surface area contributed by atoms with Crippen molar-refractivity contribution in [1.82, 2.24) is 9.62 Å². The zero-order valence-electron chi connectivity index (χ0n) is 13.3. The van der Waals surface area contributed by atoms with Gasteiger partial charge in [-0.25, -0.2) is 8.42 Å². The number of rotatable bonds is 10. The second kappa shape index (κ2) is 8.85. The fourth-order valence-corrected chi connectivity index (χ4v) is 5.37. The van der Waals surface area contributed by atoms with E-state index in [1.807, 2.05) is 26.3 Å². The van der Waals surface area contributed by atoms with E-state index in [0.29, 0.717) is 23.9 Å². The van der Waals surface area contributed by atoms with Crippen LogP contribution in [0.15, 0.2) is 15.7 Å². The Hall–Kier alpha value is -0.470. The molecule has 0 bridgehead atoms. The highest BCUT2D eigenvalue weighted by atomic mass is 32.2. The molecule has 0 atom stereocenters. The van der Waals surface area contributed by atoms with Crippen LogP contribution in [0.1, 0.15) is 32.3 Å². The third-order valence-electron chi connectivity index (χ3n) is 3.44. The van der Waals surface area contributed by atoms with E-state index >= 15 is 0 Å². The highest BCUT2D eigenvalue weighted by Crippen LogP contribution is 2.26. The average Bonchev–Trinajstić information content (AvgIpc) is 2.93. The van der Waals surface area contributed by atoms with Crippen LogP contribution < -0.4 is 5.32 Å². The SMILES string of the molecule is CCC(CC)N(CCOC)S(=O)(=O)c1cc(CNC)cs1. The highest BCUT2D eigenvalue weighted by Gasteiger charge is 2.30. The minimum atomic E-state index is -3.45. The summed E-state index contributed by atoms with van der Waals surface area (Å²) in [7, 11) is -0.0109. The number of thiophene rings is 1. The van der Waals surface area contributed by atoms with Crippen LogP contribution in [0, 0.1) is 0 Å². The molecule has 0 aliphatic carbocycles. The van der Waals surface area contributed by atoms with Crippen LogP contribution in [-0.4, -0.2) is 46.1 Å². The molecular formula is C14H26N2O3S2. The van der Waals surface area contributed by atoms with Gasteiger partial charge in [0.1, 0.15) is 4.21 Å². The van der Waals surface area contributed by atoms with E-state index in [1.54, 1.807) is 17.5 Å². The third kappa shape index (κ3) is 4.75. The Morgan fingerprint density at radius 3 is 2.57 bits per heavy atom. The van der Waals surface area contributed by atoms with E-state index in [-0.39, 0.29) is 6.04 Å². The van der Waals surface area contributed by atoms with E-state index in [0.717, 1.165) is 18.4 Å². The Morgan fingerprint density at radius 2 is 2.05 bits per heavy atom. The number of nitrogens with zero attached hydrogens (tertiary/aromatic N) is 1. The molecule has 1 N–H and O–H groups in total. The fourth-order valence-electron chi connectivity index (χ4n) is 2.28. The van der Waals surface area contributed by atoms with Gasteiger partial charge in [0, 0.05) is 26.2 Å². The normalized spacial score (nSPS) is 12.5. The predicted octanol–water partition coefficient (Wildman–Crippen LogP) is 2.29. The van der Waals surface area contributed by atoms with Gasteiger partial charge in [0.05, 0.1) is 6.61 Å². The first-order chi connectivity index (χ1) is 10.0. The van der Waals surface area contributed by atoms with Gasteiger partial charge in [-0.05, 0) is 36.9 Å². The minimum Gasteiger partial charge on any atom is -0.383 e. The first kappa shape index (κ1) is 18.6. The van der Waals surface area contributed by atoms with Crippen molar-refractivity contribution < 1.29 is 13.2 Å². The molecule has 21 heavy (non-hydrogen) atoms. The quantitative estimate of drug-likeness (QED) is 0.713. The van der Waals surface area contributed by atoms with Crippen LogP contribution >= 0.6 is 11.3 Å². The molecule has 5 nitrogen and oxygen atoms in total. The van der Waals surface area contributed by atoms with Crippen molar-refractivity contribution in [3.05, 3.63) is 17.0 Å². The Bertz CT molecular complexity index is 510. The Labute approximate surface area is 132 Å². The Kier molecular flexibility index (Phi) is 7.83. The van der Waals surface area contributed by atoms with Gasteiger partial charge in [0.25, 0.3) is 10.0 Å². The van der Waals surface area contributed by atoms with Crippen molar-refractivity contribution >= 4 is 21.4 Å². The van der Waals surface area contributed by atoms with E-state index in [4.69, 9.17) is 4.74 Å². The lowest BCUT2D eigenvalue weighted by Gasteiger charge is -2.28. The van der Waals surface area contributed by atoms with Crippen LogP contribution in [0.2, 0.25) is 0 Å². The Morgan fingerprint density at radius 1 is 1.38 bits per heavy atom. The second-order valence-corrected chi connectivity index (χ2v) is 7.91. The lowest BCUT2D eigenvalue weighted by atomic mass is 10.2. The minimum absolute atomic E-state index is 0.0139. The van der Waals surface area contributed by atoms with Crippen molar-refractivity contribution in [1.29, 1.82) is 0 Å². The topological polar surface area (TPSA) is 58.6 Å². The lowest BCUT2D eigenvalue weighted by molar-refractivity contribution is 0.163. The number of hydrogen-bond donors (Lipinski definition) is 1. The van der Waals surface area contributed by atoms with Gasteiger partial charge >= 0.3 is 0 Å². The van der Waals surface area contributed by atoms with Gasteiger partial charge in [0.15, 0.2) is 0 Å². The van der Waals surface area contributed by atoms with Crippen LogP contribution in [0.3, 0.4) is 0 Å². The van der Waals surface area contributed by atoms with Crippen LogP contribution in [-0.2, 0) is 21.3 Å². The van der Waals surface area contributed by atoms with Gasteiger partial charge < -0.3 is 10.1 Å². The second-order valence-electron chi connectivity index (χ2n) is 4.88. The third-order valence-corrected chi connectivity index (χ3v) is 6.85. The molecule has 1 rings (SSSR count). The summed E-state index contributed by atoms with van der Waals surface area (Å²) in [6, 6.07) is 1.78. The summed E-state index contributed by atoms with van der Waals surface area (Å²) in [5.74, 6) is 0. The first-order valence-electron chi connectivity index (χ1n) is 7.24. The van der Waals surface area contributed by atoms with E-state index in [2.05, 4.69) is 5.32 Å². The predicted molar refractivity (Wildman–Crippen MR) is 87.2 cm³/mol. The maximum Gasteiger partial charge on any atom is 0.252 e. The molecule has 0 spiro atoms. The summed E-state index contributed by atoms with van der Waals surface area (Å²) in [5, 5.41) is 4.93. The molecule has 0 aliphatic rings. The molecule has 0 fully saturated rings. The van der Waals surface area contributed by atoms with Crippen molar-refractivity contribution in [2.75, 3.05) is 27.3 Å². The smallest absolute Gasteiger partial charge is 0.252 e. The number of sulfonamides is 1. The standard InChI is InChI=1S/C14H26N2O3S2/c1-5-13(6-2)16(7-8-19-4)21(17,18)14-9-12(10-15-3)11-20-14/h9,11,13,15H,5-8,10H2,1-4H3. The summed E-state index contributed by atoms with van der Waals surface area (Å²) in [6.07, 6.45) is 1.60. The zero-order chi connectivity index (χ0) is 15.9. The molecule has 0 saturated heterocycles. The molecule has 0 aliphatic heterocycles. The van der Waals surface area contributed by atoms with Gasteiger partial charge in [-0.3, -0.25) is 0 Å². The molecule has 0 unspecified atom stereocenters. The molecule has 0 amide bonds. The molecule has 0 aromatic carbocycles. The van der Waals surface area contributed by atoms with Crippen molar-refractivity contribution in [2.45, 2.75) is 43.5 Å². The summed E-state index contributed by atoms with van der Waals surface area (Å²) < 4.78 is 32.8. The molecule has 0 saturated carbocycles. The zero-order valence-corrected chi connectivity index (χ0v) is 14.9. The van der Waals surface area contributed by atoms with Gasteiger partial charge in [-0.15, -0.1) is 11.3 Å². The molecular weight excluding hydrogens is 308 g/mol. The number of hydrogen-bond acceptors (Lipinski definition) is 5. The lowest BCUT2D eigenvalue weighted by Crippen LogP contribution is -2.41. The van der Waals surface area contributed by atoms with E-state index in [1.165, 1.54) is 11.3 Å². The van der Waals surface area contributed by atoms with Crippen LogP contribution in [0.5, 0.6) is 0 Å². The summed E-state index contributed by atoms with van der Waals surface area (Å²) in [6.45, 7) is 5.51. The first-order valence-corrected chi connectivity index (χ1v) is 9.55. The van der Waals surface area contributed by atoms with Gasteiger partial charge in [-0.2, -0.15) is 4.31 Å². The van der Waals surface area contributed by atoms with E-state index in [9.17, 15) is 8.42 Å². The van der Waals surface area contributed by atoms with Crippen molar-refractivity contribution in [3.8, 4) is 0 Å². The highest BCUT2D eigenvalue weighted by molar-refractivity contribution is 7.91. The number of methoxy groups -OCH3 is 1.